The van der Waals surface area contributed by atoms with Gasteiger partial charge in [0.15, 0.2) is 5.96 Å². The van der Waals surface area contributed by atoms with Gasteiger partial charge in [-0.15, -0.1) is 0 Å². The summed E-state index contributed by atoms with van der Waals surface area (Å²) in [6.07, 6.45) is 0. The van der Waals surface area contributed by atoms with Gasteiger partial charge in [-0.05, 0) is 0 Å². The number of carboxylic acid groups (broad SMARTS) is 1. The molecule has 0 amide bonds. The predicted octanol–water partition coefficient (Wildman–Crippen LogP) is -0.381. The summed E-state index contributed by atoms with van der Waals surface area (Å²) >= 11 is 2.99. The topological polar surface area (TPSA) is 90.4 Å². The van der Waals surface area contributed by atoms with Crippen LogP contribution >= 0.6 is 15.9 Å². The summed E-state index contributed by atoms with van der Waals surface area (Å²) < 4.78 is 0. The summed E-state index contributed by atoms with van der Waals surface area (Å²) in [7, 11) is 0. The molecule has 0 saturated carbocycles. The molecule has 0 aromatic carbocycles. The first-order valence-electron chi connectivity index (χ1n) is 2.44. The molecule has 58 valence electrons. The summed E-state index contributed by atoms with van der Waals surface area (Å²) in [5.41, 5.74) is 5.27. The molecule has 0 aromatic rings. The van der Waals surface area contributed by atoms with Crippen molar-refractivity contribution < 1.29 is 9.90 Å². The number of carboxylic acids is 1. The molecule has 0 aliphatic carbocycles. The number of hydrogen-bond donors (Lipinski definition) is 3. The maximum absolute atomic E-state index is 10.1. The molecule has 0 rings (SSSR count). The first kappa shape index (κ1) is 9.22. The van der Waals surface area contributed by atoms with E-state index in [-0.39, 0.29) is 18.0 Å². The number of guanidine groups is 1. The molecule has 0 heterocycles. The highest BCUT2D eigenvalue weighted by Gasteiger charge is 2.07. The Labute approximate surface area is 66.4 Å². The summed E-state index contributed by atoms with van der Waals surface area (Å²) in [6, 6.07) is 0. The fraction of sp³-hybridized carbons (Fsp3) is 0.500. The van der Waals surface area contributed by atoms with Gasteiger partial charge in [-0.1, -0.05) is 15.9 Å². The first-order valence-corrected chi connectivity index (χ1v) is 3.56. The van der Waals surface area contributed by atoms with Crippen LogP contribution in [0.2, 0.25) is 0 Å². The zero-order chi connectivity index (χ0) is 8.15. The lowest BCUT2D eigenvalue weighted by atomic mass is 10.6. The summed E-state index contributed by atoms with van der Waals surface area (Å²) in [4.78, 5) is 11.2. The number of nitrogens with two attached hydrogens (primary N) is 1. The second kappa shape index (κ2) is 4.10. The molecule has 4 N–H and O–H groups in total. The average molecular weight is 210 g/mol. The standard InChI is InChI=1S/C4H8BrN3O2/c5-2-8(4(6)7)1-3(9)10/h1-2H2,(H3,6,7)(H,9,10). The third-order valence-electron chi connectivity index (χ3n) is 0.811. The number of nitrogens with one attached hydrogen (secondary N) is 1. The van der Waals surface area contributed by atoms with Crippen molar-refractivity contribution in [3.8, 4) is 0 Å². The number of hydrogen-bond acceptors (Lipinski definition) is 2. The SMILES string of the molecule is N=C(N)N(CBr)CC(=O)O. The highest BCUT2D eigenvalue weighted by molar-refractivity contribution is 9.09. The van der Waals surface area contributed by atoms with Crippen molar-refractivity contribution in [2.45, 2.75) is 0 Å². The molecule has 0 unspecified atom stereocenters. The second-order valence-electron chi connectivity index (χ2n) is 1.60. The maximum Gasteiger partial charge on any atom is 0.323 e. The lowest BCUT2D eigenvalue weighted by Gasteiger charge is -2.15. The van der Waals surface area contributed by atoms with Gasteiger partial charge in [-0.2, -0.15) is 0 Å². The molecule has 10 heavy (non-hydrogen) atoms. The summed E-state index contributed by atoms with van der Waals surface area (Å²) in [5.74, 6) is -1.26. The number of alkyl halides is 1. The number of carbonyl (C=O) groups is 1. The van der Waals surface area contributed by atoms with Crippen LogP contribution in [0.25, 0.3) is 0 Å². The van der Waals surface area contributed by atoms with E-state index in [1.807, 2.05) is 0 Å². The monoisotopic (exact) mass is 209 g/mol. The van der Waals surface area contributed by atoms with Gasteiger partial charge in [-0.3, -0.25) is 10.2 Å². The van der Waals surface area contributed by atoms with Gasteiger partial charge in [0, 0.05) is 0 Å². The van der Waals surface area contributed by atoms with Crippen molar-refractivity contribution in [1.82, 2.24) is 4.90 Å². The Morgan fingerprint density at radius 1 is 1.80 bits per heavy atom. The van der Waals surface area contributed by atoms with Crippen LogP contribution in [-0.2, 0) is 4.79 Å². The van der Waals surface area contributed by atoms with Gasteiger partial charge < -0.3 is 15.7 Å². The van der Waals surface area contributed by atoms with Crippen molar-refractivity contribution in [2.75, 3.05) is 12.0 Å². The predicted molar refractivity (Wildman–Crippen MR) is 40.0 cm³/mol. The minimum Gasteiger partial charge on any atom is -0.480 e. The molecule has 0 fully saturated rings. The van der Waals surface area contributed by atoms with Gasteiger partial charge in [-0.25, -0.2) is 0 Å². The molecular formula is C4H8BrN3O2. The Hall–Kier alpha value is -0.780. The van der Waals surface area contributed by atoms with Crippen LogP contribution in [0, 0.1) is 5.41 Å². The molecule has 0 saturated heterocycles. The van der Waals surface area contributed by atoms with E-state index in [0.29, 0.717) is 0 Å². The van der Waals surface area contributed by atoms with E-state index in [1.165, 1.54) is 4.90 Å². The van der Waals surface area contributed by atoms with Gasteiger partial charge in [0.2, 0.25) is 0 Å². The Morgan fingerprint density at radius 3 is 2.40 bits per heavy atom. The Balaban J connectivity index is 3.83. The van der Waals surface area contributed by atoms with Crippen molar-refractivity contribution in [1.29, 1.82) is 5.41 Å². The fourth-order valence-electron chi connectivity index (χ4n) is 0.355. The van der Waals surface area contributed by atoms with E-state index in [4.69, 9.17) is 16.2 Å². The molecular weight excluding hydrogens is 202 g/mol. The van der Waals surface area contributed by atoms with E-state index < -0.39 is 5.97 Å². The second-order valence-corrected chi connectivity index (χ2v) is 2.10. The lowest BCUT2D eigenvalue weighted by molar-refractivity contribution is -0.137. The van der Waals surface area contributed by atoms with E-state index >= 15 is 0 Å². The van der Waals surface area contributed by atoms with Crippen molar-refractivity contribution in [3.05, 3.63) is 0 Å². The largest absolute Gasteiger partial charge is 0.480 e. The van der Waals surface area contributed by atoms with Crippen molar-refractivity contribution in [2.24, 2.45) is 5.73 Å². The zero-order valence-corrected chi connectivity index (χ0v) is 6.76. The number of aliphatic carboxylic acids is 1. The maximum atomic E-state index is 10.1. The van der Waals surface area contributed by atoms with E-state index in [1.54, 1.807) is 0 Å². The van der Waals surface area contributed by atoms with Gasteiger partial charge in [0.25, 0.3) is 0 Å². The Bertz CT molecular complexity index is 149. The summed E-state index contributed by atoms with van der Waals surface area (Å²) in [6.45, 7) is -0.249. The van der Waals surface area contributed by atoms with Crippen LogP contribution < -0.4 is 5.73 Å². The highest BCUT2D eigenvalue weighted by atomic mass is 79.9. The fourth-order valence-corrected chi connectivity index (χ4v) is 0.803. The normalized spacial score (nSPS) is 8.90. The molecule has 0 aliphatic heterocycles. The number of rotatable bonds is 3. The van der Waals surface area contributed by atoms with Crippen LogP contribution in [-0.4, -0.2) is 33.9 Å². The highest BCUT2D eigenvalue weighted by Crippen LogP contribution is 1.90. The molecule has 0 aliphatic rings. The third kappa shape index (κ3) is 3.29. The van der Waals surface area contributed by atoms with Gasteiger partial charge >= 0.3 is 5.97 Å². The molecule has 0 spiro atoms. The molecule has 0 atom stereocenters. The number of halogens is 1. The van der Waals surface area contributed by atoms with Gasteiger partial charge in [0.1, 0.15) is 6.54 Å². The summed E-state index contributed by atoms with van der Waals surface area (Å²) in [5, 5.41) is 15.1. The average Bonchev–Trinajstić information content (AvgIpc) is 1.81. The Morgan fingerprint density at radius 2 is 2.30 bits per heavy atom. The van der Waals surface area contributed by atoms with Crippen LogP contribution in [0.1, 0.15) is 0 Å². The Kier molecular flexibility index (Phi) is 3.78. The van der Waals surface area contributed by atoms with Crippen molar-refractivity contribution in [3.63, 3.8) is 0 Å². The lowest BCUT2D eigenvalue weighted by Crippen LogP contribution is -2.38. The van der Waals surface area contributed by atoms with E-state index in [9.17, 15) is 4.79 Å². The molecule has 0 aromatic heterocycles. The quantitative estimate of drug-likeness (QED) is 0.256. The van der Waals surface area contributed by atoms with Crippen molar-refractivity contribution >= 4 is 27.9 Å². The minimum atomic E-state index is -1.00. The molecule has 0 radical (unpaired) electrons. The first-order chi connectivity index (χ1) is 4.57. The van der Waals surface area contributed by atoms with Gasteiger partial charge in [0.05, 0.1) is 5.45 Å². The molecule has 6 heteroatoms. The smallest absolute Gasteiger partial charge is 0.323 e. The van der Waals surface area contributed by atoms with Crippen LogP contribution in [0.15, 0.2) is 0 Å². The van der Waals surface area contributed by atoms with E-state index in [2.05, 4.69) is 15.9 Å². The van der Waals surface area contributed by atoms with E-state index in [0.717, 1.165) is 0 Å². The number of nitrogens with zero attached hydrogens (tertiary/aromatic N) is 1. The zero-order valence-electron chi connectivity index (χ0n) is 5.17. The van der Waals surface area contributed by atoms with Crippen LogP contribution in [0.3, 0.4) is 0 Å². The molecule has 5 nitrogen and oxygen atoms in total. The van der Waals surface area contributed by atoms with Crippen LogP contribution in [0.4, 0.5) is 0 Å². The third-order valence-corrected chi connectivity index (χ3v) is 1.42. The molecule has 0 bridgehead atoms. The minimum absolute atomic E-state index is 0.249. The van der Waals surface area contributed by atoms with Crippen LogP contribution in [0.5, 0.6) is 0 Å².